The first kappa shape index (κ1) is 19.2. The summed E-state index contributed by atoms with van der Waals surface area (Å²) < 4.78 is 5.96. The number of aromatic nitrogens is 1. The van der Waals surface area contributed by atoms with E-state index < -0.39 is 0 Å². The maximum atomic E-state index is 8.60. The molecule has 1 aromatic heterocycles. The van der Waals surface area contributed by atoms with Gasteiger partial charge in [-0.15, -0.1) is 0 Å². The van der Waals surface area contributed by atoms with Gasteiger partial charge in [-0.3, -0.25) is 0 Å². The van der Waals surface area contributed by atoms with Gasteiger partial charge in [0.2, 0.25) is 0 Å². The quantitative estimate of drug-likeness (QED) is 0.279. The lowest BCUT2D eigenvalue weighted by Gasteiger charge is -2.07. The smallest absolute Gasteiger partial charge is 0.130 e. The number of nitriles is 1. The lowest BCUT2D eigenvalue weighted by atomic mass is 10.1. The van der Waals surface area contributed by atoms with Crippen LogP contribution in [-0.2, 0) is 6.61 Å². The SMILES string of the molecule is N#CC=Cc1ccc(C=Cc2cccc(OCc3ccc4ccccc4n3)c2)cc1. The van der Waals surface area contributed by atoms with E-state index in [1.54, 1.807) is 6.08 Å². The van der Waals surface area contributed by atoms with Crippen LogP contribution in [0.4, 0.5) is 0 Å². The number of allylic oxidation sites excluding steroid dienone is 1. The number of benzene rings is 3. The van der Waals surface area contributed by atoms with E-state index in [-0.39, 0.29) is 0 Å². The average molecular weight is 388 g/mol. The zero-order valence-electron chi connectivity index (χ0n) is 16.4. The highest BCUT2D eigenvalue weighted by Crippen LogP contribution is 2.18. The van der Waals surface area contributed by atoms with Gasteiger partial charge in [0.1, 0.15) is 12.4 Å². The van der Waals surface area contributed by atoms with Crippen molar-refractivity contribution in [1.29, 1.82) is 5.26 Å². The van der Waals surface area contributed by atoms with Crippen molar-refractivity contribution in [3.8, 4) is 11.8 Å². The number of rotatable bonds is 6. The van der Waals surface area contributed by atoms with Gasteiger partial charge in [0, 0.05) is 11.5 Å². The Morgan fingerprint density at radius 1 is 0.767 bits per heavy atom. The number of nitrogens with zero attached hydrogens (tertiary/aromatic N) is 2. The van der Waals surface area contributed by atoms with Crippen molar-refractivity contribution in [2.75, 3.05) is 0 Å². The van der Waals surface area contributed by atoms with E-state index in [1.807, 2.05) is 78.9 Å². The third kappa shape index (κ3) is 5.01. The Hall–Kier alpha value is -4.16. The molecule has 0 N–H and O–H groups in total. The molecule has 0 saturated carbocycles. The minimum atomic E-state index is 0.426. The van der Waals surface area contributed by atoms with E-state index in [4.69, 9.17) is 10.00 Å². The Morgan fingerprint density at radius 2 is 1.53 bits per heavy atom. The van der Waals surface area contributed by atoms with Crippen LogP contribution in [0, 0.1) is 11.3 Å². The lowest BCUT2D eigenvalue weighted by molar-refractivity contribution is 0.302. The highest BCUT2D eigenvalue weighted by Gasteiger charge is 2.00. The van der Waals surface area contributed by atoms with Gasteiger partial charge < -0.3 is 4.74 Å². The average Bonchev–Trinajstić information content (AvgIpc) is 2.81. The number of ether oxygens (including phenoxy) is 1. The van der Waals surface area contributed by atoms with Gasteiger partial charge in [0.15, 0.2) is 0 Å². The van der Waals surface area contributed by atoms with Crippen LogP contribution < -0.4 is 4.74 Å². The molecule has 0 spiro atoms. The first-order chi connectivity index (χ1) is 14.8. The molecule has 0 fully saturated rings. The zero-order valence-corrected chi connectivity index (χ0v) is 16.4. The minimum absolute atomic E-state index is 0.426. The van der Waals surface area contributed by atoms with Gasteiger partial charge in [-0.25, -0.2) is 4.98 Å². The molecule has 0 aliphatic carbocycles. The molecule has 0 unspecified atom stereocenters. The molecule has 0 saturated heterocycles. The van der Waals surface area contributed by atoms with Gasteiger partial charge in [-0.05, 0) is 47.0 Å². The largest absolute Gasteiger partial charge is 0.487 e. The Labute approximate surface area is 176 Å². The van der Waals surface area contributed by atoms with Crippen LogP contribution in [0.15, 0.2) is 91.0 Å². The van der Waals surface area contributed by atoms with Crippen molar-refractivity contribution in [2.24, 2.45) is 0 Å². The van der Waals surface area contributed by atoms with Gasteiger partial charge in [0.25, 0.3) is 0 Å². The van der Waals surface area contributed by atoms with Crippen LogP contribution in [0.1, 0.15) is 22.4 Å². The molecule has 4 aromatic rings. The van der Waals surface area contributed by atoms with Crippen LogP contribution in [0.2, 0.25) is 0 Å². The monoisotopic (exact) mass is 388 g/mol. The van der Waals surface area contributed by atoms with Gasteiger partial charge >= 0.3 is 0 Å². The van der Waals surface area contributed by atoms with Crippen molar-refractivity contribution in [1.82, 2.24) is 4.98 Å². The molecule has 0 bridgehead atoms. The predicted octanol–water partition coefficient (Wildman–Crippen LogP) is 6.52. The summed E-state index contributed by atoms with van der Waals surface area (Å²) in [5.74, 6) is 0.809. The van der Waals surface area contributed by atoms with Crippen molar-refractivity contribution in [3.05, 3.63) is 113 Å². The third-order valence-corrected chi connectivity index (χ3v) is 4.66. The molecular weight excluding hydrogens is 368 g/mol. The highest BCUT2D eigenvalue weighted by molar-refractivity contribution is 5.78. The van der Waals surface area contributed by atoms with Crippen molar-refractivity contribution in [3.63, 3.8) is 0 Å². The summed E-state index contributed by atoms with van der Waals surface area (Å²) in [5, 5.41) is 9.73. The maximum Gasteiger partial charge on any atom is 0.130 e. The van der Waals surface area contributed by atoms with Gasteiger partial charge in [-0.2, -0.15) is 5.26 Å². The molecule has 3 aromatic carbocycles. The second kappa shape index (κ2) is 9.36. The zero-order chi connectivity index (χ0) is 20.6. The molecule has 0 aliphatic heterocycles. The summed E-state index contributed by atoms with van der Waals surface area (Å²) in [6, 6.07) is 30.2. The topological polar surface area (TPSA) is 45.9 Å². The molecule has 0 aliphatic rings. The maximum absolute atomic E-state index is 8.60. The second-order valence-electron chi connectivity index (χ2n) is 6.82. The van der Waals surface area contributed by atoms with Crippen molar-refractivity contribution < 1.29 is 4.74 Å². The first-order valence-electron chi connectivity index (χ1n) is 9.72. The van der Waals surface area contributed by atoms with Crippen LogP contribution in [-0.4, -0.2) is 4.98 Å². The van der Waals surface area contributed by atoms with Crippen molar-refractivity contribution in [2.45, 2.75) is 6.61 Å². The number of para-hydroxylation sites is 1. The van der Waals surface area contributed by atoms with E-state index >= 15 is 0 Å². The summed E-state index contributed by atoms with van der Waals surface area (Å²) in [6.45, 7) is 0.426. The number of hydrogen-bond acceptors (Lipinski definition) is 3. The minimum Gasteiger partial charge on any atom is -0.487 e. The molecule has 3 nitrogen and oxygen atoms in total. The summed E-state index contributed by atoms with van der Waals surface area (Å²) in [5.41, 5.74) is 5.04. The molecule has 3 heteroatoms. The van der Waals surface area contributed by atoms with Crippen LogP contribution >= 0.6 is 0 Å². The predicted molar refractivity (Wildman–Crippen MR) is 123 cm³/mol. The van der Waals surface area contributed by atoms with E-state index in [9.17, 15) is 0 Å². The van der Waals surface area contributed by atoms with E-state index in [1.165, 1.54) is 6.08 Å². The fraction of sp³-hybridized carbons (Fsp3) is 0.0370. The molecule has 1 heterocycles. The Kier molecular flexibility index (Phi) is 5.98. The molecule has 0 radical (unpaired) electrons. The summed E-state index contributed by atoms with van der Waals surface area (Å²) in [4.78, 5) is 4.65. The van der Waals surface area contributed by atoms with Crippen LogP contribution in [0.25, 0.3) is 29.1 Å². The number of fused-ring (bicyclic) bond motifs is 1. The second-order valence-corrected chi connectivity index (χ2v) is 6.82. The fourth-order valence-electron chi connectivity index (χ4n) is 3.10. The molecule has 0 amide bonds. The fourth-order valence-corrected chi connectivity index (χ4v) is 3.10. The third-order valence-electron chi connectivity index (χ3n) is 4.66. The Balaban J connectivity index is 1.41. The van der Waals surface area contributed by atoms with Gasteiger partial charge in [0.05, 0.1) is 17.3 Å². The van der Waals surface area contributed by atoms with Crippen LogP contribution in [0.3, 0.4) is 0 Å². The molecule has 0 atom stereocenters. The molecule has 4 rings (SSSR count). The molecule has 30 heavy (non-hydrogen) atoms. The number of hydrogen-bond donors (Lipinski definition) is 0. The normalized spacial score (nSPS) is 11.2. The first-order valence-corrected chi connectivity index (χ1v) is 9.72. The summed E-state index contributed by atoms with van der Waals surface area (Å²) >= 11 is 0. The molecule has 144 valence electrons. The van der Waals surface area contributed by atoms with E-state index in [0.717, 1.165) is 39.0 Å². The summed E-state index contributed by atoms with van der Waals surface area (Å²) in [7, 11) is 0. The standard InChI is InChI=1S/C27H20N2O/c28-18-4-6-21-10-12-22(13-11-21)14-15-23-5-3-8-26(19-23)30-20-25-17-16-24-7-1-2-9-27(24)29-25/h1-17,19H,20H2. The van der Waals surface area contributed by atoms with E-state index in [0.29, 0.717) is 6.61 Å². The van der Waals surface area contributed by atoms with Crippen LogP contribution in [0.5, 0.6) is 5.75 Å². The lowest BCUT2D eigenvalue weighted by Crippen LogP contribution is -1.98. The Morgan fingerprint density at radius 3 is 2.37 bits per heavy atom. The van der Waals surface area contributed by atoms with Gasteiger partial charge in [-0.1, -0.05) is 72.8 Å². The van der Waals surface area contributed by atoms with E-state index in [2.05, 4.69) is 29.3 Å². The van der Waals surface area contributed by atoms with Crippen molar-refractivity contribution >= 4 is 29.1 Å². The Bertz CT molecular complexity index is 1250. The summed E-state index contributed by atoms with van der Waals surface area (Å²) in [6.07, 6.45) is 7.38. The highest BCUT2D eigenvalue weighted by atomic mass is 16.5. The number of pyridine rings is 1. The molecular formula is C27H20N2O.